The summed E-state index contributed by atoms with van der Waals surface area (Å²) in [6.45, 7) is 4.45. The Morgan fingerprint density at radius 3 is 2.95 bits per heavy atom. The fourth-order valence-electron chi connectivity index (χ4n) is 3.40. The highest BCUT2D eigenvalue weighted by Gasteiger charge is 2.31. The molecule has 1 saturated carbocycles. The van der Waals surface area contributed by atoms with E-state index >= 15 is 0 Å². The molecule has 3 rings (SSSR count). The first kappa shape index (κ1) is 13.8. The second-order valence-corrected chi connectivity index (χ2v) is 7.01. The second kappa shape index (κ2) is 5.68. The van der Waals surface area contributed by atoms with Gasteiger partial charge >= 0.3 is 0 Å². The maximum Gasteiger partial charge on any atom is 0.109 e. The monoisotopic (exact) mass is 289 g/mol. The lowest BCUT2D eigenvalue weighted by molar-refractivity contribution is 0.522. The largest absolute Gasteiger partial charge is 0.399 e. The number of rotatable bonds is 4. The Morgan fingerprint density at radius 2 is 2.20 bits per heavy atom. The van der Waals surface area contributed by atoms with Crippen LogP contribution < -0.4 is 5.73 Å². The summed E-state index contributed by atoms with van der Waals surface area (Å²) >= 11 is 2.10. The van der Waals surface area contributed by atoms with Crippen LogP contribution in [0.3, 0.4) is 0 Å². The average molecular weight is 289 g/mol. The Labute approximate surface area is 124 Å². The molecule has 20 heavy (non-hydrogen) atoms. The summed E-state index contributed by atoms with van der Waals surface area (Å²) in [5, 5.41) is 0.736. The molecule has 2 aromatic rings. The molecule has 1 aromatic carbocycles. The van der Waals surface area contributed by atoms with Crippen LogP contribution in [0.4, 0.5) is 5.69 Å². The van der Waals surface area contributed by atoms with E-state index in [1.165, 1.54) is 36.4 Å². The summed E-state index contributed by atoms with van der Waals surface area (Å²) in [6.07, 6.45) is 4.93. The van der Waals surface area contributed by atoms with Gasteiger partial charge in [-0.15, -0.1) is 0 Å². The Bertz CT molecular complexity index is 605. The number of fused-ring (bicyclic) bond motifs is 1. The van der Waals surface area contributed by atoms with Gasteiger partial charge in [0.15, 0.2) is 0 Å². The zero-order chi connectivity index (χ0) is 14.1. The normalized spacial score (nSPS) is 22.7. The number of aromatic nitrogens is 2. The van der Waals surface area contributed by atoms with E-state index in [1.54, 1.807) is 0 Å². The number of hydrogen-bond acceptors (Lipinski definition) is 3. The second-order valence-electron chi connectivity index (χ2n) is 5.49. The highest BCUT2D eigenvalue weighted by molar-refractivity contribution is 7.99. The van der Waals surface area contributed by atoms with Crippen molar-refractivity contribution in [2.75, 3.05) is 11.5 Å². The van der Waals surface area contributed by atoms with Gasteiger partial charge in [-0.25, -0.2) is 4.98 Å². The number of aryl methyl sites for hydroxylation is 1. The van der Waals surface area contributed by atoms with Crippen LogP contribution in [-0.2, 0) is 6.42 Å². The SMILES string of the molecule is CCSC1CCCC1n1c(CC)nc2cc(N)ccc21. The lowest BCUT2D eigenvalue weighted by atomic mass is 10.2. The number of nitrogens with two attached hydrogens (primary N) is 1. The van der Waals surface area contributed by atoms with E-state index in [0.717, 1.165) is 22.9 Å². The molecule has 1 aliphatic carbocycles. The molecule has 0 aliphatic heterocycles. The van der Waals surface area contributed by atoms with Crippen molar-refractivity contribution in [2.45, 2.75) is 50.8 Å². The van der Waals surface area contributed by atoms with Crippen LogP contribution in [0.15, 0.2) is 18.2 Å². The van der Waals surface area contributed by atoms with Crippen molar-refractivity contribution in [1.82, 2.24) is 9.55 Å². The van der Waals surface area contributed by atoms with E-state index in [-0.39, 0.29) is 0 Å². The van der Waals surface area contributed by atoms with Gasteiger partial charge in [0.25, 0.3) is 0 Å². The average Bonchev–Trinajstić information content (AvgIpc) is 3.01. The third-order valence-corrected chi connectivity index (χ3v) is 5.54. The van der Waals surface area contributed by atoms with Crippen molar-refractivity contribution in [3.63, 3.8) is 0 Å². The quantitative estimate of drug-likeness (QED) is 0.864. The van der Waals surface area contributed by atoms with Gasteiger partial charge in [-0.3, -0.25) is 0 Å². The molecular formula is C16H23N3S. The molecule has 1 aliphatic rings. The predicted molar refractivity (Wildman–Crippen MR) is 88.3 cm³/mol. The fourth-order valence-corrected chi connectivity index (χ4v) is 4.64. The molecular weight excluding hydrogens is 266 g/mol. The standard InChI is InChI=1S/C16H23N3S/c1-3-16-18-12-10-11(17)8-9-13(12)19(16)14-6-5-7-15(14)20-4-2/h8-10,14-15H,3-7,17H2,1-2H3. The molecule has 3 nitrogen and oxygen atoms in total. The number of benzene rings is 1. The molecule has 2 N–H and O–H groups in total. The minimum absolute atomic E-state index is 0.600. The Morgan fingerprint density at radius 1 is 1.35 bits per heavy atom. The van der Waals surface area contributed by atoms with Gasteiger partial charge in [0.1, 0.15) is 5.82 Å². The van der Waals surface area contributed by atoms with E-state index < -0.39 is 0 Å². The van der Waals surface area contributed by atoms with Crippen molar-refractivity contribution in [1.29, 1.82) is 0 Å². The van der Waals surface area contributed by atoms with Gasteiger partial charge in [0, 0.05) is 23.4 Å². The number of anilines is 1. The van der Waals surface area contributed by atoms with E-state index in [4.69, 9.17) is 10.7 Å². The number of nitrogens with zero attached hydrogens (tertiary/aromatic N) is 2. The predicted octanol–water partition coefficient (Wildman–Crippen LogP) is 4.03. The molecule has 0 saturated heterocycles. The Hall–Kier alpha value is -1.16. The fraction of sp³-hybridized carbons (Fsp3) is 0.562. The topological polar surface area (TPSA) is 43.8 Å². The summed E-state index contributed by atoms with van der Waals surface area (Å²) in [5.41, 5.74) is 9.01. The smallest absolute Gasteiger partial charge is 0.109 e. The van der Waals surface area contributed by atoms with E-state index in [0.29, 0.717) is 6.04 Å². The molecule has 2 atom stereocenters. The van der Waals surface area contributed by atoms with Crippen LogP contribution >= 0.6 is 11.8 Å². The molecule has 2 unspecified atom stereocenters. The van der Waals surface area contributed by atoms with Crippen LogP contribution in [0.5, 0.6) is 0 Å². The zero-order valence-corrected chi connectivity index (χ0v) is 13.1. The van der Waals surface area contributed by atoms with Gasteiger partial charge < -0.3 is 10.3 Å². The lowest BCUT2D eigenvalue weighted by Crippen LogP contribution is -2.18. The van der Waals surface area contributed by atoms with Gasteiger partial charge in [-0.05, 0) is 36.8 Å². The van der Waals surface area contributed by atoms with Crippen molar-refractivity contribution < 1.29 is 0 Å². The summed E-state index contributed by atoms with van der Waals surface area (Å²) in [5.74, 6) is 2.40. The molecule has 4 heteroatoms. The van der Waals surface area contributed by atoms with Crippen LogP contribution in [0.2, 0.25) is 0 Å². The van der Waals surface area contributed by atoms with Crippen molar-refractivity contribution in [3.8, 4) is 0 Å². The third-order valence-electron chi connectivity index (χ3n) is 4.23. The summed E-state index contributed by atoms with van der Waals surface area (Å²) in [7, 11) is 0. The molecule has 1 fully saturated rings. The molecule has 1 heterocycles. The first-order chi connectivity index (χ1) is 9.74. The van der Waals surface area contributed by atoms with Crippen LogP contribution in [0.25, 0.3) is 11.0 Å². The molecule has 0 radical (unpaired) electrons. The molecule has 0 amide bonds. The van der Waals surface area contributed by atoms with E-state index in [1.807, 2.05) is 12.1 Å². The van der Waals surface area contributed by atoms with Gasteiger partial charge in [-0.1, -0.05) is 20.3 Å². The van der Waals surface area contributed by atoms with Crippen molar-refractivity contribution in [2.24, 2.45) is 0 Å². The van der Waals surface area contributed by atoms with Crippen LogP contribution in [0.1, 0.15) is 45.0 Å². The highest BCUT2D eigenvalue weighted by Crippen LogP contribution is 2.40. The first-order valence-electron chi connectivity index (χ1n) is 7.62. The van der Waals surface area contributed by atoms with E-state index in [2.05, 4.69) is 36.2 Å². The maximum absolute atomic E-state index is 5.90. The van der Waals surface area contributed by atoms with Crippen molar-refractivity contribution in [3.05, 3.63) is 24.0 Å². The van der Waals surface area contributed by atoms with Crippen LogP contribution in [0, 0.1) is 0 Å². The lowest BCUT2D eigenvalue weighted by Gasteiger charge is -2.23. The minimum atomic E-state index is 0.600. The van der Waals surface area contributed by atoms with Crippen LogP contribution in [-0.4, -0.2) is 20.6 Å². The van der Waals surface area contributed by atoms with Gasteiger partial charge in [-0.2, -0.15) is 11.8 Å². The Balaban J connectivity index is 2.09. The first-order valence-corrected chi connectivity index (χ1v) is 8.67. The molecule has 1 aromatic heterocycles. The zero-order valence-electron chi connectivity index (χ0n) is 12.3. The molecule has 108 valence electrons. The number of imidazole rings is 1. The van der Waals surface area contributed by atoms with Gasteiger partial charge in [0.2, 0.25) is 0 Å². The number of hydrogen-bond donors (Lipinski definition) is 1. The third kappa shape index (κ3) is 2.30. The Kier molecular flexibility index (Phi) is 3.92. The summed E-state index contributed by atoms with van der Waals surface area (Å²) < 4.78 is 2.50. The summed E-state index contributed by atoms with van der Waals surface area (Å²) in [6, 6.07) is 6.74. The summed E-state index contributed by atoms with van der Waals surface area (Å²) in [4.78, 5) is 4.80. The van der Waals surface area contributed by atoms with Gasteiger partial charge in [0.05, 0.1) is 11.0 Å². The number of nitrogen functional groups attached to an aromatic ring is 1. The molecule has 0 spiro atoms. The minimum Gasteiger partial charge on any atom is -0.399 e. The highest BCUT2D eigenvalue weighted by atomic mass is 32.2. The number of thioether (sulfide) groups is 1. The maximum atomic E-state index is 5.90. The molecule has 0 bridgehead atoms. The van der Waals surface area contributed by atoms with Crippen molar-refractivity contribution >= 4 is 28.5 Å². The van der Waals surface area contributed by atoms with E-state index in [9.17, 15) is 0 Å².